The zero-order chi connectivity index (χ0) is 15.5. The molecule has 2 aromatic carbocycles. The highest BCUT2D eigenvalue weighted by Crippen LogP contribution is 2.37. The minimum Gasteiger partial charge on any atom is -0.493 e. The van der Waals surface area contributed by atoms with Crippen molar-refractivity contribution in [2.45, 2.75) is 25.2 Å². The molecule has 0 spiro atoms. The van der Waals surface area contributed by atoms with Crippen LogP contribution in [-0.4, -0.2) is 25.8 Å². The third-order valence-electron chi connectivity index (χ3n) is 4.39. The summed E-state index contributed by atoms with van der Waals surface area (Å²) in [5.74, 6) is 1.76. The molecule has 1 fully saturated rings. The zero-order valence-electron chi connectivity index (χ0n) is 13.0. The van der Waals surface area contributed by atoms with Crippen LogP contribution in [0.1, 0.15) is 23.7 Å². The van der Waals surface area contributed by atoms with E-state index in [0.29, 0.717) is 12.6 Å². The summed E-state index contributed by atoms with van der Waals surface area (Å²) in [6.45, 7) is 2.92. The summed E-state index contributed by atoms with van der Waals surface area (Å²) in [5, 5.41) is 3.53. The molecule has 4 nitrogen and oxygen atoms in total. The van der Waals surface area contributed by atoms with E-state index in [2.05, 4.69) is 23.5 Å². The van der Waals surface area contributed by atoms with Gasteiger partial charge in [0.25, 0.3) is 0 Å². The molecule has 0 aliphatic carbocycles. The van der Waals surface area contributed by atoms with E-state index in [1.807, 2.05) is 30.3 Å². The van der Waals surface area contributed by atoms with E-state index in [4.69, 9.17) is 14.2 Å². The van der Waals surface area contributed by atoms with Gasteiger partial charge in [-0.15, -0.1) is 0 Å². The maximum absolute atomic E-state index is 6.01. The van der Waals surface area contributed by atoms with Crippen molar-refractivity contribution in [3.05, 3.63) is 59.7 Å². The van der Waals surface area contributed by atoms with Gasteiger partial charge in [-0.05, 0) is 30.2 Å². The summed E-state index contributed by atoms with van der Waals surface area (Å²) in [4.78, 5) is 0. The van der Waals surface area contributed by atoms with Gasteiger partial charge in [-0.3, -0.25) is 0 Å². The minimum atomic E-state index is 0.0431. The molecule has 2 aromatic rings. The lowest BCUT2D eigenvalue weighted by atomic mass is 9.98. The molecule has 2 aliphatic heterocycles. The van der Waals surface area contributed by atoms with Gasteiger partial charge in [0.1, 0.15) is 24.2 Å². The van der Waals surface area contributed by atoms with E-state index in [9.17, 15) is 0 Å². The Morgan fingerprint density at radius 3 is 2.91 bits per heavy atom. The predicted octanol–water partition coefficient (Wildman–Crippen LogP) is 3.08. The van der Waals surface area contributed by atoms with Crippen LogP contribution < -0.4 is 14.8 Å². The number of hydrogen-bond acceptors (Lipinski definition) is 4. The van der Waals surface area contributed by atoms with Gasteiger partial charge in [0.2, 0.25) is 0 Å². The fourth-order valence-electron chi connectivity index (χ4n) is 3.22. The van der Waals surface area contributed by atoms with E-state index in [1.165, 1.54) is 0 Å². The lowest BCUT2D eigenvalue weighted by molar-refractivity contribution is -0.00596. The number of nitrogens with one attached hydrogen (secondary N) is 1. The number of rotatable bonds is 3. The monoisotopic (exact) mass is 311 g/mol. The van der Waals surface area contributed by atoms with E-state index >= 15 is 0 Å². The first-order chi connectivity index (χ1) is 11.4. The number of morpholine rings is 1. The first kappa shape index (κ1) is 14.5. The fraction of sp³-hybridized carbons (Fsp3) is 0.368. The molecule has 2 heterocycles. The van der Waals surface area contributed by atoms with Crippen molar-refractivity contribution < 1.29 is 14.2 Å². The van der Waals surface area contributed by atoms with Gasteiger partial charge < -0.3 is 19.5 Å². The lowest BCUT2D eigenvalue weighted by Gasteiger charge is -2.31. The molecular weight excluding hydrogens is 290 g/mol. The highest BCUT2D eigenvalue weighted by Gasteiger charge is 2.32. The summed E-state index contributed by atoms with van der Waals surface area (Å²) < 4.78 is 17.8. The number of fused-ring (bicyclic) bond motifs is 3. The molecule has 0 amide bonds. The topological polar surface area (TPSA) is 39.7 Å². The van der Waals surface area contributed by atoms with Gasteiger partial charge in [0.15, 0.2) is 0 Å². The second-order valence-electron chi connectivity index (χ2n) is 5.96. The Kier molecular flexibility index (Phi) is 4.18. The fourth-order valence-corrected chi connectivity index (χ4v) is 3.22. The van der Waals surface area contributed by atoms with Crippen LogP contribution in [0.5, 0.6) is 11.5 Å². The minimum absolute atomic E-state index is 0.0431. The average molecular weight is 311 g/mol. The van der Waals surface area contributed by atoms with Crippen LogP contribution in [0.15, 0.2) is 48.5 Å². The van der Waals surface area contributed by atoms with Crippen LogP contribution >= 0.6 is 0 Å². The highest BCUT2D eigenvalue weighted by atomic mass is 16.5. The van der Waals surface area contributed by atoms with Crippen molar-refractivity contribution in [3.63, 3.8) is 0 Å². The van der Waals surface area contributed by atoms with Gasteiger partial charge in [-0.2, -0.15) is 0 Å². The smallest absolute Gasteiger partial charge is 0.125 e. The third kappa shape index (κ3) is 3.19. The van der Waals surface area contributed by atoms with Crippen LogP contribution in [0, 0.1) is 0 Å². The first-order valence-corrected chi connectivity index (χ1v) is 8.18. The number of ether oxygens (including phenoxy) is 3. The average Bonchev–Trinajstić information content (AvgIpc) is 2.80. The Balaban J connectivity index is 1.55. The molecule has 0 aromatic heterocycles. The van der Waals surface area contributed by atoms with Crippen molar-refractivity contribution in [3.8, 4) is 11.5 Å². The Morgan fingerprint density at radius 2 is 2.00 bits per heavy atom. The molecule has 0 saturated carbocycles. The molecule has 2 unspecified atom stereocenters. The summed E-state index contributed by atoms with van der Waals surface area (Å²) in [6, 6.07) is 16.5. The van der Waals surface area contributed by atoms with Gasteiger partial charge in [-0.1, -0.05) is 30.3 Å². The molecule has 1 N–H and O–H groups in total. The van der Waals surface area contributed by atoms with Gasteiger partial charge in [-0.25, -0.2) is 0 Å². The molecule has 120 valence electrons. The summed E-state index contributed by atoms with van der Waals surface area (Å²) >= 11 is 0. The maximum atomic E-state index is 6.01. The largest absolute Gasteiger partial charge is 0.493 e. The van der Waals surface area contributed by atoms with E-state index in [0.717, 1.165) is 48.8 Å². The third-order valence-corrected chi connectivity index (χ3v) is 4.39. The van der Waals surface area contributed by atoms with Crippen molar-refractivity contribution >= 4 is 0 Å². The Morgan fingerprint density at radius 1 is 1.09 bits per heavy atom. The van der Waals surface area contributed by atoms with E-state index in [1.54, 1.807) is 0 Å². The van der Waals surface area contributed by atoms with Crippen molar-refractivity contribution in [2.75, 3.05) is 19.8 Å². The van der Waals surface area contributed by atoms with Crippen LogP contribution in [0.2, 0.25) is 0 Å². The maximum Gasteiger partial charge on any atom is 0.125 e. The normalized spacial score (nSPS) is 23.1. The SMILES string of the molecule is c1ccc(COc2ccc3c(c2)C2OCCNC2CCO3)cc1. The van der Waals surface area contributed by atoms with Crippen LogP contribution in [0.3, 0.4) is 0 Å². The Bertz CT molecular complexity index is 659. The molecular formula is C19H21NO3. The molecule has 23 heavy (non-hydrogen) atoms. The standard InChI is InChI=1S/C19H21NO3/c1-2-4-14(5-3-1)13-23-15-6-7-18-16(12-15)19-17(8-10-21-18)20-9-11-22-19/h1-7,12,17,19-20H,8-11,13H2. The van der Waals surface area contributed by atoms with Gasteiger partial charge in [0.05, 0.1) is 13.2 Å². The van der Waals surface area contributed by atoms with Crippen LogP contribution in [0.4, 0.5) is 0 Å². The Hall–Kier alpha value is -2.04. The predicted molar refractivity (Wildman–Crippen MR) is 87.8 cm³/mol. The summed E-state index contributed by atoms with van der Waals surface area (Å²) in [5.41, 5.74) is 2.25. The first-order valence-electron chi connectivity index (χ1n) is 8.18. The molecule has 2 atom stereocenters. The highest BCUT2D eigenvalue weighted by molar-refractivity contribution is 5.43. The van der Waals surface area contributed by atoms with Gasteiger partial charge >= 0.3 is 0 Å². The second-order valence-corrected chi connectivity index (χ2v) is 5.96. The molecule has 2 aliphatic rings. The molecule has 4 heteroatoms. The number of benzene rings is 2. The second kappa shape index (κ2) is 6.60. The van der Waals surface area contributed by atoms with E-state index in [-0.39, 0.29) is 6.10 Å². The van der Waals surface area contributed by atoms with Crippen LogP contribution in [-0.2, 0) is 11.3 Å². The van der Waals surface area contributed by atoms with Crippen molar-refractivity contribution in [2.24, 2.45) is 0 Å². The van der Waals surface area contributed by atoms with Crippen molar-refractivity contribution in [1.29, 1.82) is 0 Å². The molecule has 1 saturated heterocycles. The molecule has 0 bridgehead atoms. The zero-order valence-corrected chi connectivity index (χ0v) is 13.0. The van der Waals surface area contributed by atoms with Crippen LogP contribution in [0.25, 0.3) is 0 Å². The lowest BCUT2D eigenvalue weighted by Crippen LogP contribution is -2.43. The molecule has 4 rings (SSSR count). The number of hydrogen-bond donors (Lipinski definition) is 1. The summed E-state index contributed by atoms with van der Waals surface area (Å²) in [7, 11) is 0. The van der Waals surface area contributed by atoms with Crippen molar-refractivity contribution in [1.82, 2.24) is 5.32 Å². The van der Waals surface area contributed by atoms with Gasteiger partial charge in [0, 0.05) is 18.2 Å². The quantitative estimate of drug-likeness (QED) is 0.945. The summed E-state index contributed by atoms with van der Waals surface area (Å²) in [6.07, 6.45) is 1.00. The Labute approximate surface area is 136 Å². The molecule has 0 radical (unpaired) electrons. The van der Waals surface area contributed by atoms with E-state index < -0.39 is 0 Å².